The van der Waals surface area contributed by atoms with Gasteiger partial charge in [-0.2, -0.15) is 0 Å². The monoisotopic (exact) mass is 230 g/mol. The zero-order chi connectivity index (χ0) is 11.3. The summed E-state index contributed by atoms with van der Waals surface area (Å²) in [5.41, 5.74) is 5.70. The van der Waals surface area contributed by atoms with Crippen molar-refractivity contribution >= 4 is 17.5 Å². The van der Waals surface area contributed by atoms with E-state index in [0.29, 0.717) is 18.1 Å². The summed E-state index contributed by atoms with van der Waals surface area (Å²) >= 11 is 5.67. The molecule has 0 fully saturated rings. The Labute approximate surface area is 92.4 Å². The van der Waals surface area contributed by atoms with E-state index in [1.165, 1.54) is 12.1 Å². The van der Waals surface area contributed by atoms with Crippen LogP contribution in [0.25, 0.3) is 0 Å². The van der Waals surface area contributed by atoms with E-state index in [0.717, 1.165) is 5.56 Å². The van der Waals surface area contributed by atoms with Gasteiger partial charge in [0.25, 0.3) is 0 Å². The molecule has 3 N–H and O–H groups in total. The Balaban J connectivity index is 2.40. The third-order valence-electron chi connectivity index (χ3n) is 1.80. The van der Waals surface area contributed by atoms with Crippen LogP contribution in [0.1, 0.15) is 12.0 Å². The van der Waals surface area contributed by atoms with Gasteiger partial charge < -0.3 is 11.1 Å². The average molecular weight is 231 g/mol. The van der Waals surface area contributed by atoms with Crippen molar-refractivity contribution < 1.29 is 9.18 Å². The molecule has 1 amide bonds. The Kier molecular flexibility index (Phi) is 4.52. The Hall–Kier alpha value is -1.13. The smallest absolute Gasteiger partial charge is 0.218 e. The van der Waals surface area contributed by atoms with Crippen molar-refractivity contribution in [3.05, 3.63) is 34.6 Å². The maximum atomic E-state index is 12.9. The van der Waals surface area contributed by atoms with E-state index < -0.39 is 0 Å². The molecular weight excluding hydrogens is 219 g/mol. The number of nitrogens with two attached hydrogens (primary N) is 1. The number of benzene rings is 1. The minimum Gasteiger partial charge on any atom is -0.370 e. The number of carbonyl (C=O) groups is 1. The number of hydrogen-bond donors (Lipinski definition) is 2. The lowest BCUT2D eigenvalue weighted by Gasteiger charge is -2.04. The van der Waals surface area contributed by atoms with Gasteiger partial charge in [0.15, 0.2) is 0 Å². The van der Waals surface area contributed by atoms with Crippen LogP contribution in [0, 0.1) is 5.82 Å². The predicted molar refractivity (Wildman–Crippen MR) is 56.9 cm³/mol. The summed E-state index contributed by atoms with van der Waals surface area (Å²) in [5.74, 6) is -0.728. The molecule has 0 aliphatic rings. The van der Waals surface area contributed by atoms with E-state index in [-0.39, 0.29) is 18.1 Å². The molecule has 0 unspecified atom stereocenters. The normalized spacial score (nSPS) is 10.3. The van der Waals surface area contributed by atoms with Crippen LogP contribution in [0.15, 0.2) is 18.2 Å². The highest BCUT2D eigenvalue weighted by Gasteiger charge is 1.99. The molecular formula is C10H12ClFN2O. The van der Waals surface area contributed by atoms with Crippen LogP contribution >= 0.6 is 11.6 Å². The number of hydrogen-bond acceptors (Lipinski definition) is 2. The zero-order valence-corrected chi connectivity index (χ0v) is 8.85. The van der Waals surface area contributed by atoms with Gasteiger partial charge >= 0.3 is 0 Å². The lowest BCUT2D eigenvalue weighted by molar-refractivity contribution is -0.117. The van der Waals surface area contributed by atoms with Crippen LogP contribution in [-0.4, -0.2) is 12.5 Å². The second-order valence-corrected chi connectivity index (χ2v) is 3.61. The first-order valence-electron chi connectivity index (χ1n) is 4.52. The average Bonchev–Trinajstić information content (AvgIpc) is 2.10. The molecule has 0 aromatic heterocycles. The van der Waals surface area contributed by atoms with Crippen LogP contribution in [-0.2, 0) is 11.3 Å². The number of nitrogens with one attached hydrogen (secondary N) is 1. The largest absolute Gasteiger partial charge is 0.370 e. The van der Waals surface area contributed by atoms with E-state index in [9.17, 15) is 9.18 Å². The van der Waals surface area contributed by atoms with Gasteiger partial charge in [-0.3, -0.25) is 4.79 Å². The summed E-state index contributed by atoms with van der Waals surface area (Å²) < 4.78 is 12.9. The van der Waals surface area contributed by atoms with Gasteiger partial charge in [0.2, 0.25) is 5.91 Å². The molecule has 0 saturated carbocycles. The number of rotatable bonds is 5. The first-order chi connectivity index (χ1) is 7.08. The quantitative estimate of drug-likeness (QED) is 0.753. The number of amides is 1. The van der Waals surface area contributed by atoms with Crippen LogP contribution in [0.4, 0.5) is 4.39 Å². The third-order valence-corrected chi connectivity index (χ3v) is 2.02. The van der Waals surface area contributed by atoms with Crippen LogP contribution in [0.2, 0.25) is 5.02 Å². The SMILES string of the molecule is NC(=O)CCNCc1cc(F)cc(Cl)c1. The molecule has 0 spiro atoms. The molecule has 0 radical (unpaired) electrons. The molecule has 1 aromatic rings. The summed E-state index contributed by atoms with van der Waals surface area (Å²) in [6, 6.07) is 4.31. The van der Waals surface area contributed by atoms with Gasteiger partial charge in [-0.05, 0) is 23.8 Å². The fourth-order valence-corrected chi connectivity index (χ4v) is 1.40. The highest BCUT2D eigenvalue weighted by molar-refractivity contribution is 6.30. The second kappa shape index (κ2) is 5.68. The molecule has 15 heavy (non-hydrogen) atoms. The maximum absolute atomic E-state index is 12.9. The van der Waals surface area contributed by atoms with Gasteiger partial charge in [0, 0.05) is 24.5 Å². The summed E-state index contributed by atoms with van der Waals surface area (Å²) in [7, 11) is 0. The Bertz CT molecular complexity index is 337. The molecule has 0 aliphatic heterocycles. The second-order valence-electron chi connectivity index (χ2n) is 3.17. The summed E-state index contributed by atoms with van der Waals surface area (Å²) in [4.78, 5) is 10.4. The van der Waals surface area contributed by atoms with Crippen LogP contribution < -0.4 is 11.1 Å². The molecule has 0 bridgehead atoms. The van der Waals surface area contributed by atoms with E-state index >= 15 is 0 Å². The minimum atomic E-state index is -0.366. The Morgan fingerprint density at radius 1 is 1.47 bits per heavy atom. The summed E-state index contributed by atoms with van der Waals surface area (Å²) in [5, 5.41) is 3.32. The highest BCUT2D eigenvalue weighted by Crippen LogP contribution is 2.13. The van der Waals surface area contributed by atoms with Gasteiger partial charge in [-0.25, -0.2) is 4.39 Å². The molecule has 0 aliphatic carbocycles. The Morgan fingerprint density at radius 3 is 2.80 bits per heavy atom. The first-order valence-corrected chi connectivity index (χ1v) is 4.89. The number of carbonyl (C=O) groups excluding carboxylic acids is 1. The standard InChI is InChI=1S/C10H12ClFN2O/c11-8-3-7(4-9(12)5-8)6-14-2-1-10(13)15/h3-5,14H,1-2,6H2,(H2,13,15). The number of primary amides is 1. The maximum Gasteiger partial charge on any atom is 0.218 e. The molecule has 0 saturated heterocycles. The minimum absolute atomic E-state index is 0.267. The van der Waals surface area contributed by atoms with E-state index in [1.54, 1.807) is 6.07 Å². The lowest BCUT2D eigenvalue weighted by atomic mass is 10.2. The van der Waals surface area contributed by atoms with Crippen molar-refractivity contribution in [2.75, 3.05) is 6.54 Å². The van der Waals surface area contributed by atoms with Crippen molar-refractivity contribution in [1.82, 2.24) is 5.32 Å². The Morgan fingerprint density at radius 2 is 2.20 bits per heavy atom. The first kappa shape index (κ1) is 11.9. The van der Waals surface area contributed by atoms with Gasteiger partial charge in [0.1, 0.15) is 5.82 Å². The molecule has 0 heterocycles. The summed E-state index contributed by atoms with van der Waals surface area (Å²) in [6.07, 6.45) is 0.267. The van der Waals surface area contributed by atoms with Crippen molar-refractivity contribution in [1.29, 1.82) is 0 Å². The van der Waals surface area contributed by atoms with Gasteiger partial charge in [0.05, 0.1) is 0 Å². The van der Waals surface area contributed by atoms with E-state index in [1.807, 2.05) is 0 Å². The van der Waals surface area contributed by atoms with E-state index in [2.05, 4.69) is 5.32 Å². The van der Waals surface area contributed by atoms with Crippen LogP contribution in [0.3, 0.4) is 0 Å². The van der Waals surface area contributed by atoms with Gasteiger partial charge in [-0.15, -0.1) is 0 Å². The fraction of sp³-hybridized carbons (Fsp3) is 0.300. The number of halogens is 2. The highest BCUT2D eigenvalue weighted by atomic mass is 35.5. The molecule has 0 atom stereocenters. The molecule has 82 valence electrons. The molecule has 1 rings (SSSR count). The molecule has 1 aromatic carbocycles. The summed E-state index contributed by atoms with van der Waals surface area (Å²) in [6.45, 7) is 0.939. The third kappa shape index (κ3) is 4.76. The topological polar surface area (TPSA) is 55.1 Å². The molecule has 3 nitrogen and oxygen atoms in total. The van der Waals surface area contributed by atoms with Crippen LogP contribution in [0.5, 0.6) is 0 Å². The van der Waals surface area contributed by atoms with Crippen molar-refractivity contribution in [2.45, 2.75) is 13.0 Å². The zero-order valence-electron chi connectivity index (χ0n) is 8.09. The van der Waals surface area contributed by atoms with Crippen molar-refractivity contribution in [2.24, 2.45) is 5.73 Å². The lowest BCUT2D eigenvalue weighted by Crippen LogP contribution is -2.21. The van der Waals surface area contributed by atoms with Crippen molar-refractivity contribution in [3.8, 4) is 0 Å². The predicted octanol–water partition coefficient (Wildman–Crippen LogP) is 1.44. The van der Waals surface area contributed by atoms with Crippen molar-refractivity contribution in [3.63, 3.8) is 0 Å². The van der Waals surface area contributed by atoms with E-state index in [4.69, 9.17) is 17.3 Å². The van der Waals surface area contributed by atoms with Gasteiger partial charge in [-0.1, -0.05) is 11.6 Å². The fourth-order valence-electron chi connectivity index (χ4n) is 1.16. The molecule has 5 heteroatoms.